The van der Waals surface area contributed by atoms with E-state index < -0.39 is 17.8 Å². The number of aromatic nitrogens is 4. The lowest BCUT2D eigenvalue weighted by atomic mass is 10.0. The molecule has 1 saturated heterocycles. The lowest BCUT2D eigenvalue weighted by molar-refractivity contribution is -0.136. The average molecular weight is 418 g/mol. The fourth-order valence-corrected chi connectivity index (χ4v) is 3.78. The Labute approximate surface area is 170 Å². The van der Waals surface area contributed by atoms with Crippen LogP contribution in [0.1, 0.15) is 54.5 Å². The summed E-state index contributed by atoms with van der Waals surface area (Å²) in [6.07, 6.45) is -1.88. The van der Waals surface area contributed by atoms with Crippen LogP contribution in [-0.4, -0.2) is 43.6 Å². The number of amides is 1. The first kappa shape index (κ1) is 20.1. The molecule has 10 heteroatoms. The molecule has 3 aromatic rings. The first-order chi connectivity index (χ1) is 14.3. The standard InChI is InChI=1S/C20H21F3N6O/c1-11(2)25-17-16-12(20(21,22)23)10-14(26-18(16)28-27-17)15-7-5-9-29(15)19(30)13-6-3-4-8-24-13/h3-4,6,8,10-11,15H,5,7,9H2,1-2H3,(H2,25,26,27,28). The topological polar surface area (TPSA) is 86.8 Å². The van der Waals surface area contributed by atoms with Crippen molar-refractivity contribution in [3.8, 4) is 0 Å². The van der Waals surface area contributed by atoms with E-state index in [4.69, 9.17) is 0 Å². The van der Waals surface area contributed by atoms with E-state index >= 15 is 0 Å². The van der Waals surface area contributed by atoms with Crippen molar-refractivity contribution >= 4 is 22.8 Å². The summed E-state index contributed by atoms with van der Waals surface area (Å²) < 4.78 is 41.7. The van der Waals surface area contributed by atoms with Crippen molar-refractivity contribution in [2.24, 2.45) is 0 Å². The van der Waals surface area contributed by atoms with Gasteiger partial charge in [-0.05, 0) is 44.9 Å². The second-order valence-electron chi connectivity index (χ2n) is 7.56. The van der Waals surface area contributed by atoms with Crippen molar-refractivity contribution < 1.29 is 18.0 Å². The van der Waals surface area contributed by atoms with Crippen molar-refractivity contribution in [3.63, 3.8) is 0 Å². The maximum atomic E-state index is 13.9. The van der Waals surface area contributed by atoms with Crippen LogP contribution in [0.3, 0.4) is 0 Å². The number of pyridine rings is 2. The molecule has 0 aliphatic carbocycles. The first-order valence-corrected chi connectivity index (χ1v) is 9.70. The molecule has 0 aromatic carbocycles. The number of aromatic amines is 1. The highest BCUT2D eigenvalue weighted by Gasteiger charge is 2.38. The lowest BCUT2D eigenvalue weighted by Gasteiger charge is -2.25. The fourth-order valence-electron chi connectivity index (χ4n) is 3.78. The molecule has 0 bridgehead atoms. The Hall–Kier alpha value is -3.17. The van der Waals surface area contributed by atoms with E-state index in [1.807, 2.05) is 13.8 Å². The van der Waals surface area contributed by atoms with Gasteiger partial charge in [0, 0.05) is 18.8 Å². The summed E-state index contributed by atoms with van der Waals surface area (Å²) in [4.78, 5) is 22.9. The third-order valence-corrected chi connectivity index (χ3v) is 5.02. The predicted molar refractivity (Wildman–Crippen MR) is 105 cm³/mol. The second-order valence-corrected chi connectivity index (χ2v) is 7.56. The molecule has 4 heterocycles. The summed E-state index contributed by atoms with van der Waals surface area (Å²) in [5, 5.41) is 9.42. The molecule has 158 valence electrons. The number of fused-ring (bicyclic) bond motifs is 1. The number of carbonyl (C=O) groups is 1. The monoisotopic (exact) mass is 418 g/mol. The number of rotatable bonds is 4. The molecule has 30 heavy (non-hydrogen) atoms. The number of halogens is 3. The molecule has 1 aliphatic heterocycles. The van der Waals surface area contributed by atoms with E-state index in [0.29, 0.717) is 19.4 Å². The van der Waals surface area contributed by atoms with Gasteiger partial charge in [0.15, 0.2) is 11.5 Å². The Bertz CT molecular complexity index is 1060. The SMILES string of the molecule is CC(C)Nc1n[nH]c2nc(C3CCCN3C(=O)c3ccccn3)cc(C(F)(F)F)c12. The molecule has 3 aromatic heterocycles. The Kier molecular flexibility index (Phi) is 5.08. The summed E-state index contributed by atoms with van der Waals surface area (Å²) in [7, 11) is 0. The summed E-state index contributed by atoms with van der Waals surface area (Å²) in [5.41, 5.74) is -0.334. The van der Waals surface area contributed by atoms with Crippen LogP contribution in [0.4, 0.5) is 19.0 Å². The van der Waals surface area contributed by atoms with Gasteiger partial charge in [-0.1, -0.05) is 6.07 Å². The predicted octanol–water partition coefficient (Wildman–Crippen LogP) is 4.17. The molecule has 2 N–H and O–H groups in total. The number of hydrogen-bond acceptors (Lipinski definition) is 5. The second kappa shape index (κ2) is 7.58. The molecular formula is C20H21F3N6O. The van der Waals surface area contributed by atoms with E-state index in [1.165, 1.54) is 6.20 Å². The van der Waals surface area contributed by atoms with E-state index in [0.717, 1.165) is 6.07 Å². The van der Waals surface area contributed by atoms with Crippen LogP contribution in [0.15, 0.2) is 30.5 Å². The summed E-state index contributed by atoms with van der Waals surface area (Å²) in [6, 6.07) is 5.37. The molecule has 7 nitrogen and oxygen atoms in total. The number of hydrogen-bond donors (Lipinski definition) is 2. The first-order valence-electron chi connectivity index (χ1n) is 9.70. The lowest BCUT2D eigenvalue weighted by Crippen LogP contribution is -2.31. The zero-order valence-electron chi connectivity index (χ0n) is 16.5. The average Bonchev–Trinajstić information content (AvgIpc) is 3.34. The largest absolute Gasteiger partial charge is 0.417 e. The van der Waals surface area contributed by atoms with E-state index in [-0.39, 0.29) is 40.2 Å². The highest BCUT2D eigenvalue weighted by Crippen LogP contribution is 2.40. The van der Waals surface area contributed by atoms with Crippen LogP contribution in [0.25, 0.3) is 11.0 Å². The maximum absolute atomic E-state index is 13.9. The highest BCUT2D eigenvalue weighted by molar-refractivity contribution is 5.93. The minimum Gasteiger partial charge on any atom is -0.366 e. The van der Waals surface area contributed by atoms with Crippen molar-refractivity contribution in [3.05, 3.63) is 47.4 Å². The van der Waals surface area contributed by atoms with Gasteiger partial charge in [0.25, 0.3) is 5.91 Å². The van der Waals surface area contributed by atoms with Gasteiger partial charge in [-0.15, -0.1) is 0 Å². The highest BCUT2D eigenvalue weighted by atomic mass is 19.4. The molecule has 0 saturated carbocycles. The molecular weight excluding hydrogens is 397 g/mol. The van der Waals surface area contributed by atoms with E-state index in [9.17, 15) is 18.0 Å². The van der Waals surface area contributed by atoms with Crippen molar-refractivity contribution in [1.82, 2.24) is 25.1 Å². The summed E-state index contributed by atoms with van der Waals surface area (Å²) >= 11 is 0. The van der Waals surface area contributed by atoms with Crippen molar-refractivity contribution in [1.29, 1.82) is 0 Å². The number of anilines is 1. The third kappa shape index (κ3) is 3.69. The molecule has 0 radical (unpaired) electrons. The molecule has 4 rings (SSSR count). The number of H-pyrrole nitrogens is 1. The Morgan fingerprint density at radius 3 is 2.80 bits per heavy atom. The number of alkyl halides is 3. The summed E-state index contributed by atoms with van der Waals surface area (Å²) in [6.45, 7) is 4.06. The van der Waals surface area contributed by atoms with Gasteiger partial charge in [0.1, 0.15) is 5.69 Å². The van der Waals surface area contributed by atoms with Crippen molar-refractivity contribution in [2.45, 2.75) is 44.9 Å². The van der Waals surface area contributed by atoms with E-state index in [2.05, 4.69) is 25.5 Å². The Morgan fingerprint density at radius 1 is 1.33 bits per heavy atom. The smallest absolute Gasteiger partial charge is 0.366 e. The zero-order chi connectivity index (χ0) is 21.5. The zero-order valence-corrected chi connectivity index (χ0v) is 16.5. The van der Waals surface area contributed by atoms with Crippen LogP contribution in [0.5, 0.6) is 0 Å². The van der Waals surface area contributed by atoms with Gasteiger partial charge in [0.05, 0.1) is 22.7 Å². The fraction of sp³-hybridized carbons (Fsp3) is 0.400. The van der Waals surface area contributed by atoms with Crippen LogP contribution in [0.2, 0.25) is 0 Å². The Balaban J connectivity index is 1.78. The molecule has 1 amide bonds. The van der Waals surface area contributed by atoms with Crippen molar-refractivity contribution in [2.75, 3.05) is 11.9 Å². The van der Waals surface area contributed by atoms with Gasteiger partial charge < -0.3 is 10.2 Å². The minimum atomic E-state index is -4.60. The molecule has 0 spiro atoms. The van der Waals surface area contributed by atoms with Crippen LogP contribution in [0, 0.1) is 0 Å². The molecule has 1 aliphatic rings. The van der Waals surface area contributed by atoms with Crippen LogP contribution < -0.4 is 5.32 Å². The number of likely N-dealkylation sites (tertiary alicyclic amines) is 1. The van der Waals surface area contributed by atoms with Crippen LogP contribution in [-0.2, 0) is 6.18 Å². The van der Waals surface area contributed by atoms with Gasteiger partial charge >= 0.3 is 6.18 Å². The molecule has 1 atom stereocenters. The molecule has 1 unspecified atom stereocenters. The summed E-state index contributed by atoms with van der Waals surface area (Å²) in [5.74, 6) is -0.209. The van der Waals surface area contributed by atoms with Crippen LogP contribution >= 0.6 is 0 Å². The van der Waals surface area contributed by atoms with Gasteiger partial charge in [0.2, 0.25) is 0 Å². The maximum Gasteiger partial charge on any atom is 0.417 e. The number of carbonyl (C=O) groups excluding carboxylic acids is 1. The number of nitrogens with one attached hydrogen (secondary N) is 2. The van der Waals surface area contributed by atoms with Gasteiger partial charge in [-0.2, -0.15) is 18.3 Å². The third-order valence-electron chi connectivity index (χ3n) is 5.02. The normalized spacial score (nSPS) is 17.1. The van der Waals surface area contributed by atoms with E-state index in [1.54, 1.807) is 23.1 Å². The van der Waals surface area contributed by atoms with Gasteiger partial charge in [-0.3, -0.25) is 14.9 Å². The Morgan fingerprint density at radius 2 is 2.13 bits per heavy atom. The molecule has 1 fully saturated rings. The minimum absolute atomic E-state index is 0.0418. The van der Waals surface area contributed by atoms with Gasteiger partial charge in [-0.25, -0.2) is 4.98 Å². The quantitative estimate of drug-likeness (QED) is 0.664. The number of nitrogens with zero attached hydrogens (tertiary/aromatic N) is 4.